The highest BCUT2D eigenvalue weighted by atomic mass is 79.9. The molecule has 0 bridgehead atoms. The first-order chi connectivity index (χ1) is 11.9. The second-order valence-corrected chi connectivity index (χ2v) is 8.23. The van der Waals surface area contributed by atoms with E-state index in [0.29, 0.717) is 22.2 Å². The Balaban J connectivity index is 1.70. The molecule has 2 amide bonds. The molecule has 0 saturated heterocycles. The van der Waals surface area contributed by atoms with Crippen LogP contribution >= 0.6 is 27.3 Å². The van der Waals surface area contributed by atoms with Crippen LogP contribution in [0.1, 0.15) is 34.1 Å². The number of anilines is 1. The highest BCUT2D eigenvalue weighted by molar-refractivity contribution is 9.10. The molecule has 1 heterocycles. The average Bonchev–Trinajstić information content (AvgIpc) is 2.91. The van der Waals surface area contributed by atoms with E-state index in [4.69, 9.17) is 10.5 Å². The lowest BCUT2D eigenvalue weighted by Crippen LogP contribution is -2.22. The van der Waals surface area contributed by atoms with Crippen LogP contribution < -0.4 is 15.8 Å². The minimum absolute atomic E-state index is 0.126. The molecular weight excluding hydrogens is 404 g/mol. The molecule has 1 aromatic carbocycles. The van der Waals surface area contributed by atoms with E-state index in [-0.39, 0.29) is 12.5 Å². The summed E-state index contributed by atoms with van der Waals surface area (Å²) in [6, 6.07) is 7.23. The van der Waals surface area contributed by atoms with Gasteiger partial charge in [0.1, 0.15) is 10.8 Å². The van der Waals surface area contributed by atoms with Crippen molar-refractivity contribution in [1.82, 2.24) is 0 Å². The van der Waals surface area contributed by atoms with Crippen LogP contribution in [0.25, 0.3) is 0 Å². The Morgan fingerprint density at radius 2 is 2.08 bits per heavy atom. The van der Waals surface area contributed by atoms with Crippen LogP contribution in [0.15, 0.2) is 28.7 Å². The molecule has 0 spiro atoms. The van der Waals surface area contributed by atoms with Crippen molar-refractivity contribution in [3.8, 4) is 5.75 Å². The predicted molar refractivity (Wildman–Crippen MR) is 102 cm³/mol. The van der Waals surface area contributed by atoms with Gasteiger partial charge in [-0.25, -0.2) is 0 Å². The number of thiophene rings is 1. The fraction of sp³-hybridized carbons (Fsp3) is 0.333. The van der Waals surface area contributed by atoms with Crippen molar-refractivity contribution in [1.29, 1.82) is 0 Å². The number of fused-ring (bicyclic) bond motifs is 1. The molecular formula is C18H19BrN2O3S. The number of hydrogen-bond acceptors (Lipinski definition) is 4. The summed E-state index contributed by atoms with van der Waals surface area (Å²) in [5.41, 5.74) is 7.02. The van der Waals surface area contributed by atoms with Crippen molar-refractivity contribution in [3.05, 3.63) is 44.7 Å². The summed E-state index contributed by atoms with van der Waals surface area (Å²) >= 11 is 4.80. The number of primary amides is 1. The van der Waals surface area contributed by atoms with Crippen molar-refractivity contribution in [3.63, 3.8) is 0 Å². The van der Waals surface area contributed by atoms with E-state index in [0.717, 1.165) is 34.2 Å². The van der Waals surface area contributed by atoms with Crippen molar-refractivity contribution in [2.24, 2.45) is 11.7 Å². The summed E-state index contributed by atoms with van der Waals surface area (Å²) in [4.78, 5) is 25.2. The van der Waals surface area contributed by atoms with Crippen LogP contribution in [0.5, 0.6) is 5.75 Å². The lowest BCUT2D eigenvalue weighted by molar-refractivity contribution is -0.118. The molecule has 0 saturated carbocycles. The molecule has 1 aliphatic rings. The van der Waals surface area contributed by atoms with E-state index in [2.05, 4.69) is 28.2 Å². The Labute approximate surface area is 158 Å². The van der Waals surface area contributed by atoms with Crippen LogP contribution in [0, 0.1) is 5.92 Å². The number of hydrogen-bond donors (Lipinski definition) is 2. The number of nitrogens with two attached hydrogens (primary N) is 1. The summed E-state index contributed by atoms with van der Waals surface area (Å²) in [6.07, 6.45) is 2.78. The van der Waals surface area contributed by atoms with Crippen LogP contribution in [0.4, 0.5) is 5.00 Å². The summed E-state index contributed by atoms with van der Waals surface area (Å²) in [6.45, 7) is 2.07. The third-order valence-electron chi connectivity index (χ3n) is 4.19. The molecule has 0 unspecified atom stereocenters. The molecule has 1 aromatic heterocycles. The van der Waals surface area contributed by atoms with Gasteiger partial charge in [0, 0.05) is 9.35 Å². The van der Waals surface area contributed by atoms with Crippen molar-refractivity contribution in [2.45, 2.75) is 26.2 Å². The minimum Gasteiger partial charge on any atom is -0.484 e. The number of amides is 2. The molecule has 2 aromatic rings. The maximum Gasteiger partial charge on any atom is 0.262 e. The molecule has 7 heteroatoms. The zero-order chi connectivity index (χ0) is 18.0. The van der Waals surface area contributed by atoms with Gasteiger partial charge in [-0.15, -0.1) is 11.3 Å². The number of nitrogens with one attached hydrogen (secondary N) is 1. The van der Waals surface area contributed by atoms with Gasteiger partial charge in [-0.3, -0.25) is 9.59 Å². The van der Waals surface area contributed by atoms with Gasteiger partial charge < -0.3 is 15.8 Å². The van der Waals surface area contributed by atoms with Gasteiger partial charge in [-0.05, 0) is 55.0 Å². The van der Waals surface area contributed by atoms with E-state index < -0.39 is 5.91 Å². The lowest BCUT2D eigenvalue weighted by Gasteiger charge is -2.18. The number of carbonyl (C=O) groups is 2. The van der Waals surface area contributed by atoms with Gasteiger partial charge in [-0.2, -0.15) is 0 Å². The van der Waals surface area contributed by atoms with Crippen LogP contribution in [0.3, 0.4) is 0 Å². The first kappa shape index (κ1) is 17.9. The van der Waals surface area contributed by atoms with Crippen molar-refractivity contribution in [2.75, 3.05) is 11.9 Å². The lowest BCUT2D eigenvalue weighted by atomic mass is 9.88. The third-order valence-corrected chi connectivity index (χ3v) is 5.89. The first-order valence-corrected chi connectivity index (χ1v) is 9.67. The number of carbonyl (C=O) groups excluding carboxylic acids is 2. The Hall–Kier alpha value is -1.86. The highest BCUT2D eigenvalue weighted by Gasteiger charge is 2.27. The molecule has 25 heavy (non-hydrogen) atoms. The summed E-state index contributed by atoms with van der Waals surface area (Å²) in [5, 5.41) is 3.33. The van der Waals surface area contributed by atoms with Crippen LogP contribution in [-0.2, 0) is 17.6 Å². The van der Waals surface area contributed by atoms with Crippen LogP contribution in [0.2, 0.25) is 0 Å². The smallest absolute Gasteiger partial charge is 0.262 e. The molecule has 3 rings (SSSR count). The SMILES string of the molecule is C[C@@H]1CCc2c(sc(NC(=O)COc3ccc(Br)cc3)c2C(N)=O)C1. The van der Waals surface area contributed by atoms with Crippen LogP contribution in [-0.4, -0.2) is 18.4 Å². The van der Waals surface area contributed by atoms with E-state index in [1.165, 1.54) is 11.3 Å². The minimum atomic E-state index is -0.490. The zero-order valence-corrected chi connectivity index (χ0v) is 16.2. The predicted octanol–water partition coefficient (Wildman–Crippen LogP) is 3.75. The van der Waals surface area contributed by atoms with E-state index in [1.807, 2.05) is 12.1 Å². The average molecular weight is 423 g/mol. The number of benzene rings is 1. The Morgan fingerprint density at radius 3 is 2.76 bits per heavy atom. The monoisotopic (exact) mass is 422 g/mol. The Kier molecular flexibility index (Phi) is 5.44. The fourth-order valence-electron chi connectivity index (χ4n) is 2.94. The molecule has 3 N–H and O–H groups in total. The zero-order valence-electron chi connectivity index (χ0n) is 13.8. The maximum absolute atomic E-state index is 12.2. The van der Waals surface area contributed by atoms with E-state index >= 15 is 0 Å². The molecule has 132 valence electrons. The topological polar surface area (TPSA) is 81.4 Å². The summed E-state index contributed by atoms with van der Waals surface area (Å²) in [5.74, 6) is 0.386. The highest BCUT2D eigenvalue weighted by Crippen LogP contribution is 2.39. The fourth-order valence-corrected chi connectivity index (χ4v) is 4.64. The molecule has 0 aliphatic heterocycles. The largest absolute Gasteiger partial charge is 0.484 e. The molecule has 5 nitrogen and oxygen atoms in total. The van der Waals surface area contributed by atoms with E-state index in [9.17, 15) is 9.59 Å². The molecule has 0 radical (unpaired) electrons. The van der Waals surface area contributed by atoms with Gasteiger partial charge in [0.05, 0.1) is 5.56 Å². The second-order valence-electron chi connectivity index (χ2n) is 6.21. The van der Waals surface area contributed by atoms with Crippen molar-refractivity contribution >= 4 is 44.1 Å². The number of halogens is 1. The summed E-state index contributed by atoms with van der Waals surface area (Å²) < 4.78 is 6.41. The van der Waals surface area contributed by atoms with E-state index in [1.54, 1.807) is 12.1 Å². The van der Waals surface area contributed by atoms with Gasteiger partial charge >= 0.3 is 0 Å². The Bertz CT molecular complexity index is 801. The molecule has 1 atom stereocenters. The van der Waals surface area contributed by atoms with Gasteiger partial charge in [0.15, 0.2) is 6.61 Å². The second kappa shape index (κ2) is 7.58. The van der Waals surface area contributed by atoms with Gasteiger partial charge in [-0.1, -0.05) is 22.9 Å². The standard InChI is InChI=1S/C18H19BrN2O3S/c1-10-2-7-13-14(8-10)25-18(16(13)17(20)23)21-15(22)9-24-12-5-3-11(19)4-6-12/h3-6,10H,2,7-9H2,1H3,(H2,20,23)(H,21,22)/t10-/m1/s1. The first-order valence-electron chi connectivity index (χ1n) is 8.06. The van der Waals surface area contributed by atoms with Crippen molar-refractivity contribution < 1.29 is 14.3 Å². The normalized spacial score (nSPS) is 16.2. The molecule has 0 fully saturated rings. The quantitative estimate of drug-likeness (QED) is 0.769. The Morgan fingerprint density at radius 1 is 1.36 bits per heavy atom. The molecule has 1 aliphatic carbocycles. The number of rotatable bonds is 5. The maximum atomic E-state index is 12.2. The number of ether oxygens (including phenoxy) is 1. The van der Waals surface area contributed by atoms with Gasteiger partial charge in [0.2, 0.25) is 0 Å². The van der Waals surface area contributed by atoms with Gasteiger partial charge in [0.25, 0.3) is 11.8 Å². The third kappa shape index (κ3) is 4.22. The summed E-state index contributed by atoms with van der Waals surface area (Å²) in [7, 11) is 0.